The highest BCUT2D eigenvalue weighted by Gasteiger charge is 2.43. The molecule has 2 aliphatic rings. The molecule has 7 heteroatoms. The zero-order valence-corrected chi connectivity index (χ0v) is 13.5. The van der Waals surface area contributed by atoms with Gasteiger partial charge in [-0.2, -0.15) is 10.4 Å². The van der Waals surface area contributed by atoms with E-state index in [9.17, 15) is 13.7 Å². The van der Waals surface area contributed by atoms with Crippen LogP contribution in [0.5, 0.6) is 0 Å². The Morgan fingerprint density at radius 2 is 2.10 bits per heavy atom. The Balaban J connectivity index is 2.06. The molecule has 0 amide bonds. The highest BCUT2D eigenvalue weighted by Crippen LogP contribution is 2.40. The molecule has 0 bridgehead atoms. The van der Waals surface area contributed by atoms with Crippen LogP contribution in [0.1, 0.15) is 56.2 Å². The van der Waals surface area contributed by atoms with E-state index in [1.807, 2.05) is 6.92 Å². The van der Waals surface area contributed by atoms with E-state index in [2.05, 4.69) is 11.2 Å². The average Bonchev–Trinajstić information content (AvgIpc) is 3.08. The first-order valence-electron chi connectivity index (χ1n) is 7.26. The molecule has 0 radical (unpaired) electrons. The lowest BCUT2D eigenvalue weighted by atomic mass is 10.0. The van der Waals surface area contributed by atoms with Gasteiger partial charge in [0.15, 0.2) is 9.84 Å². The molecule has 0 aromatic carbocycles. The number of hydrogen-bond donors (Lipinski definition) is 0. The van der Waals surface area contributed by atoms with Crippen LogP contribution in [-0.2, 0) is 15.4 Å². The molecule has 1 saturated heterocycles. The van der Waals surface area contributed by atoms with Gasteiger partial charge in [-0.25, -0.2) is 13.1 Å². The normalized spacial score (nSPS) is 28.8. The quantitative estimate of drug-likeness (QED) is 0.836. The monoisotopic (exact) mass is 327 g/mol. The van der Waals surface area contributed by atoms with E-state index in [0.717, 1.165) is 31.4 Å². The Labute approximate surface area is 129 Å². The molecule has 5 nitrogen and oxygen atoms in total. The summed E-state index contributed by atoms with van der Waals surface area (Å²) in [6.07, 6.45) is 4.83. The zero-order valence-electron chi connectivity index (χ0n) is 12.0. The minimum Gasteiger partial charge on any atom is -0.245 e. The van der Waals surface area contributed by atoms with E-state index in [1.165, 1.54) is 0 Å². The van der Waals surface area contributed by atoms with E-state index in [0.29, 0.717) is 17.1 Å². The molecule has 114 valence electrons. The predicted octanol–water partition coefficient (Wildman–Crippen LogP) is 2.60. The van der Waals surface area contributed by atoms with Crippen LogP contribution in [0.15, 0.2) is 0 Å². The summed E-state index contributed by atoms with van der Waals surface area (Å²) in [5.41, 5.74) is 0.540. The molecule has 1 saturated carbocycles. The predicted molar refractivity (Wildman–Crippen MR) is 80.1 cm³/mol. The molecule has 1 unspecified atom stereocenters. The van der Waals surface area contributed by atoms with Crippen molar-refractivity contribution in [3.8, 4) is 6.07 Å². The second kappa shape index (κ2) is 4.99. The van der Waals surface area contributed by atoms with Crippen molar-refractivity contribution in [3.05, 3.63) is 16.4 Å². The minimum absolute atomic E-state index is 0.0381. The summed E-state index contributed by atoms with van der Waals surface area (Å²) in [6, 6.07) is 2.16. The molecule has 21 heavy (non-hydrogen) atoms. The van der Waals surface area contributed by atoms with Crippen LogP contribution in [-0.4, -0.2) is 29.7 Å². The van der Waals surface area contributed by atoms with Gasteiger partial charge in [0.2, 0.25) is 0 Å². The van der Waals surface area contributed by atoms with Crippen molar-refractivity contribution in [2.75, 3.05) is 11.5 Å². The molecular weight excluding hydrogens is 310 g/mol. The van der Waals surface area contributed by atoms with E-state index in [-0.39, 0.29) is 17.4 Å². The fourth-order valence-electron chi connectivity index (χ4n) is 3.52. The molecule has 2 fully saturated rings. The Morgan fingerprint density at radius 1 is 1.43 bits per heavy atom. The highest BCUT2D eigenvalue weighted by atomic mass is 35.5. The largest absolute Gasteiger partial charge is 0.245 e. The molecule has 1 aromatic heterocycles. The van der Waals surface area contributed by atoms with Crippen molar-refractivity contribution < 1.29 is 8.42 Å². The van der Waals surface area contributed by atoms with Crippen LogP contribution in [0.3, 0.4) is 0 Å². The first kappa shape index (κ1) is 14.9. The summed E-state index contributed by atoms with van der Waals surface area (Å²) in [5.74, 6) is 0.469. The van der Waals surface area contributed by atoms with Gasteiger partial charge in [0.05, 0.1) is 22.7 Å². The fourth-order valence-corrected chi connectivity index (χ4v) is 6.01. The van der Waals surface area contributed by atoms with Crippen LogP contribution in [0.25, 0.3) is 0 Å². The lowest BCUT2D eigenvalue weighted by Crippen LogP contribution is -2.32. The smallest absolute Gasteiger partial charge is 0.152 e. The summed E-state index contributed by atoms with van der Waals surface area (Å²) in [7, 11) is -3.05. The molecular formula is C14H18ClN3O2S. The van der Waals surface area contributed by atoms with Gasteiger partial charge in [-0.05, 0) is 26.2 Å². The molecule has 1 aliphatic carbocycles. The average molecular weight is 328 g/mol. The molecule has 1 atom stereocenters. The van der Waals surface area contributed by atoms with Gasteiger partial charge in [0, 0.05) is 5.92 Å². The van der Waals surface area contributed by atoms with E-state index < -0.39 is 15.4 Å². The third-order valence-electron chi connectivity index (χ3n) is 4.70. The topological polar surface area (TPSA) is 75.8 Å². The Kier molecular flexibility index (Phi) is 3.53. The van der Waals surface area contributed by atoms with Gasteiger partial charge in [0.1, 0.15) is 16.8 Å². The van der Waals surface area contributed by atoms with Gasteiger partial charge in [0.25, 0.3) is 0 Å². The number of nitrogens with zero attached hydrogens (tertiary/aromatic N) is 3. The van der Waals surface area contributed by atoms with E-state index in [4.69, 9.17) is 11.6 Å². The lowest BCUT2D eigenvalue weighted by Gasteiger charge is -2.23. The minimum atomic E-state index is -3.05. The molecule has 0 N–H and O–H groups in total. The van der Waals surface area contributed by atoms with Gasteiger partial charge >= 0.3 is 0 Å². The molecule has 0 spiro atoms. The molecule has 2 heterocycles. The third-order valence-corrected chi connectivity index (χ3v) is 6.94. The van der Waals surface area contributed by atoms with Crippen LogP contribution in [0, 0.1) is 11.3 Å². The fraction of sp³-hybridized carbons (Fsp3) is 0.714. The van der Waals surface area contributed by atoms with E-state index in [1.54, 1.807) is 4.68 Å². The Morgan fingerprint density at radius 3 is 2.62 bits per heavy atom. The first-order valence-corrected chi connectivity index (χ1v) is 9.46. The Bertz CT molecular complexity index is 713. The zero-order chi connectivity index (χ0) is 15.3. The number of sulfone groups is 1. The van der Waals surface area contributed by atoms with Crippen LogP contribution in [0.4, 0.5) is 0 Å². The van der Waals surface area contributed by atoms with Crippen LogP contribution >= 0.6 is 11.6 Å². The van der Waals surface area contributed by atoms with Crippen molar-refractivity contribution in [2.24, 2.45) is 0 Å². The van der Waals surface area contributed by atoms with Crippen molar-refractivity contribution in [3.63, 3.8) is 0 Å². The van der Waals surface area contributed by atoms with Crippen LogP contribution < -0.4 is 0 Å². The second-order valence-electron chi connectivity index (χ2n) is 6.40. The van der Waals surface area contributed by atoms with Crippen molar-refractivity contribution in [1.29, 1.82) is 5.26 Å². The van der Waals surface area contributed by atoms with Gasteiger partial charge in [-0.3, -0.25) is 0 Å². The molecule has 1 aliphatic heterocycles. The Hall–Kier alpha value is -1.06. The summed E-state index contributed by atoms with van der Waals surface area (Å²) < 4.78 is 25.2. The number of rotatable bonds is 2. The van der Waals surface area contributed by atoms with Crippen molar-refractivity contribution in [2.45, 2.75) is 50.5 Å². The van der Waals surface area contributed by atoms with Gasteiger partial charge < -0.3 is 0 Å². The number of nitriles is 1. The number of hydrogen-bond acceptors (Lipinski definition) is 4. The van der Waals surface area contributed by atoms with E-state index >= 15 is 0 Å². The lowest BCUT2D eigenvalue weighted by molar-refractivity contribution is 0.326. The second-order valence-corrected chi connectivity index (χ2v) is 8.94. The third kappa shape index (κ3) is 2.47. The van der Waals surface area contributed by atoms with Gasteiger partial charge in [-0.15, -0.1) is 0 Å². The summed E-state index contributed by atoms with van der Waals surface area (Å²) in [5, 5.41) is 14.3. The first-order chi connectivity index (χ1) is 9.86. The maximum absolute atomic E-state index is 11.8. The number of halogens is 1. The summed E-state index contributed by atoms with van der Waals surface area (Å²) in [6.45, 7) is 1.86. The maximum Gasteiger partial charge on any atom is 0.152 e. The summed E-state index contributed by atoms with van der Waals surface area (Å²) in [4.78, 5) is 0. The number of aromatic nitrogens is 2. The van der Waals surface area contributed by atoms with Crippen molar-refractivity contribution in [1.82, 2.24) is 9.78 Å². The summed E-state index contributed by atoms with van der Waals surface area (Å²) >= 11 is 6.35. The van der Waals surface area contributed by atoms with Gasteiger partial charge in [-0.1, -0.05) is 24.4 Å². The maximum atomic E-state index is 11.8. The molecule has 1 aromatic rings. The molecule has 3 rings (SSSR count). The van der Waals surface area contributed by atoms with Crippen molar-refractivity contribution >= 4 is 21.4 Å². The SMILES string of the molecule is CC1(n2nc(C3CCCC3)c(C#N)c2Cl)CCS(=O)(=O)C1. The highest BCUT2D eigenvalue weighted by molar-refractivity contribution is 7.91. The van der Waals surface area contributed by atoms with Crippen LogP contribution in [0.2, 0.25) is 5.15 Å². The standard InChI is InChI=1S/C14H18ClN3O2S/c1-14(6-7-21(19,20)9-14)18-13(15)11(8-16)12(17-18)10-4-2-3-5-10/h10H,2-7,9H2,1H3.